The van der Waals surface area contributed by atoms with E-state index in [4.69, 9.17) is 10.5 Å². The molecule has 3 rings (SSSR count). The molecule has 28 heavy (non-hydrogen) atoms. The number of amides is 1. The number of rotatable bonds is 8. The second kappa shape index (κ2) is 9.01. The van der Waals surface area contributed by atoms with E-state index in [1.807, 2.05) is 19.1 Å². The molecule has 0 saturated heterocycles. The van der Waals surface area contributed by atoms with Crippen LogP contribution in [0.3, 0.4) is 0 Å². The molecule has 7 heteroatoms. The summed E-state index contributed by atoms with van der Waals surface area (Å²) >= 11 is 1.54. The summed E-state index contributed by atoms with van der Waals surface area (Å²) in [4.78, 5) is 37.0. The summed E-state index contributed by atoms with van der Waals surface area (Å²) in [6.45, 7) is 1.98. The second-order valence-electron chi connectivity index (χ2n) is 6.91. The van der Waals surface area contributed by atoms with E-state index in [0.29, 0.717) is 17.7 Å². The summed E-state index contributed by atoms with van der Waals surface area (Å²) in [5.74, 6) is -1.13. The molecule has 1 heterocycles. The number of esters is 1. The second-order valence-corrected chi connectivity index (χ2v) is 8.01. The molecule has 6 nitrogen and oxygen atoms in total. The SMILES string of the molecule is Cc1ccc(C(=O)COC(=O)CCNc2sc3c(c2C(N)=O)CCCC3)cc1. The van der Waals surface area contributed by atoms with Gasteiger partial charge in [-0.1, -0.05) is 29.8 Å². The maximum absolute atomic E-state index is 12.0. The van der Waals surface area contributed by atoms with Crippen LogP contribution < -0.4 is 11.1 Å². The van der Waals surface area contributed by atoms with E-state index in [9.17, 15) is 14.4 Å². The highest BCUT2D eigenvalue weighted by Gasteiger charge is 2.23. The Morgan fingerprint density at radius 1 is 1.14 bits per heavy atom. The van der Waals surface area contributed by atoms with Crippen molar-refractivity contribution >= 4 is 34.0 Å². The molecule has 0 unspecified atom stereocenters. The van der Waals surface area contributed by atoms with E-state index in [0.717, 1.165) is 41.8 Å². The minimum atomic E-state index is -0.463. The van der Waals surface area contributed by atoms with E-state index in [1.165, 1.54) is 4.88 Å². The zero-order chi connectivity index (χ0) is 20.1. The third-order valence-corrected chi connectivity index (χ3v) is 6.02. The highest BCUT2D eigenvalue weighted by atomic mass is 32.1. The first-order valence-electron chi connectivity index (χ1n) is 9.39. The summed E-state index contributed by atoms with van der Waals surface area (Å²) in [6, 6.07) is 7.12. The number of nitrogens with one attached hydrogen (secondary N) is 1. The molecular formula is C21H24N2O4S. The highest BCUT2D eigenvalue weighted by molar-refractivity contribution is 7.16. The average Bonchev–Trinajstić information content (AvgIpc) is 3.05. The van der Waals surface area contributed by atoms with Crippen LogP contribution in [-0.4, -0.2) is 30.8 Å². The summed E-state index contributed by atoms with van der Waals surface area (Å²) in [5.41, 5.74) is 8.75. The number of fused-ring (bicyclic) bond motifs is 1. The third kappa shape index (κ3) is 4.78. The quantitative estimate of drug-likeness (QED) is 0.523. The Morgan fingerprint density at radius 3 is 2.57 bits per heavy atom. The Bertz CT molecular complexity index is 887. The van der Waals surface area contributed by atoms with Gasteiger partial charge in [-0.2, -0.15) is 0 Å². The first-order chi connectivity index (χ1) is 13.5. The molecule has 0 aliphatic heterocycles. The standard InChI is InChI=1S/C21H24N2O4S/c1-13-6-8-14(9-7-13)16(24)12-27-18(25)10-11-23-21-19(20(22)26)15-4-2-3-5-17(15)28-21/h6-9,23H,2-5,10-12H2,1H3,(H2,22,26). The number of aryl methyl sites for hydroxylation is 2. The van der Waals surface area contributed by atoms with Crippen LogP contribution in [-0.2, 0) is 22.4 Å². The average molecular weight is 401 g/mol. The molecule has 0 fully saturated rings. The molecule has 3 N–H and O–H groups in total. The van der Waals surface area contributed by atoms with Gasteiger partial charge in [-0.25, -0.2) is 0 Å². The first kappa shape index (κ1) is 20.1. The fourth-order valence-electron chi connectivity index (χ4n) is 3.27. The molecule has 1 aliphatic carbocycles. The van der Waals surface area contributed by atoms with Crippen LogP contribution in [0.5, 0.6) is 0 Å². The Hall–Kier alpha value is -2.67. The van der Waals surface area contributed by atoms with Crippen molar-refractivity contribution in [2.75, 3.05) is 18.5 Å². The van der Waals surface area contributed by atoms with Gasteiger partial charge >= 0.3 is 5.97 Å². The predicted octanol–water partition coefficient (Wildman–Crippen LogP) is 3.26. The van der Waals surface area contributed by atoms with E-state index in [1.54, 1.807) is 23.5 Å². The van der Waals surface area contributed by atoms with Gasteiger partial charge in [0.1, 0.15) is 5.00 Å². The lowest BCUT2D eigenvalue weighted by Gasteiger charge is -2.11. The maximum atomic E-state index is 12.0. The lowest BCUT2D eigenvalue weighted by molar-refractivity contribution is -0.142. The van der Waals surface area contributed by atoms with Crippen LogP contribution in [0, 0.1) is 6.92 Å². The number of Topliss-reactive ketones (excluding diaryl/α,β-unsaturated/α-hetero) is 1. The molecule has 0 bridgehead atoms. The van der Waals surface area contributed by atoms with Crippen molar-refractivity contribution in [2.45, 2.75) is 39.0 Å². The van der Waals surface area contributed by atoms with Gasteiger partial charge in [0, 0.05) is 17.0 Å². The fourth-order valence-corrected chi connectivity index (χ4v) is 4.59. The van der Waals surface area contributed by atoms with E-state index in [-0.39, 0.29) is 18.8 Å². The Kier molecular flexibility index (Phi) is 6.46. The minimum Gasteiger partial charge on any atom is -0.457 e. The maximum Gasteiger partial charge on any atom is 0.308 e. The smallest absolute Gasteiger partial charge is 0.308 e. The number of anilines is 1. The number of carbonyl (C=O) groups excluding carboxylic acids is 3. The van der Waals surface area contributed by atoms with Crippen LogP contribution in [0.2, 0.25) is 0 Å². The largest absolute Gasteiger partial charge is 0.457 e. The fraction of sp³-hybridized carbons (Fsp3) is 0.381. The number of ether oxygens (including phenoxy) is 1. The van der Waals surface area contributed by atoms with Crippen molar-refractivity contribution in [3.63, 3.8) is 0 Å². The normalized spacial score (nSPS) is 12.9. The number of thiophene rings is 1. The molecule has 1 aromatic carbocycles. The van der Waals surface area contributed by atoms with Crippen LogP contribution in [0.1, 0.15) is 56.0 Å². The van der Waals surface area contributed by atoms with Crippen molar-refractivity contribution in [1.82, 2.24) is 0 Å². The van der Waals surface area contributed by atoms with E-state index >= 15 is 0 Å². The van der Waals surface area contributed by atoms with Crippen molar-refractivity contribution in [1.29, 1.82) is 0 Å². The topological polar surface area (TPSA) is 98.5 Å². The summed E-state index contributed by atoms with van der Waals surface area (Å²) in [7, 11) is 0. The van der Waals surface area contributed by atoms with Crippen LogP contribution in [0.15, 0.2) is 24.3 Å². The molecule has 0 saturated carbocycles. The number of benzene rings is 1. The van der Waals surface area contributed by atoms with Gasteiger partial charge in [-0.3, -0.25) is 14.4 Å². The third-order valence-electron chi connectivity index (χ3n) is 4.77. The van der Waals surface area contributed by atoms with Crippen molar-refractivity contribution < 1.29 is 19.1 Å². The zero-order valence-corrected chi connectivity index (χ0v) is 16.7. The lowest BCUT2D eigenvalue weighted by Crippen LogP contribution is -2.18. The monoisotopic (exact) mass is 400 g/mol. The first-order valence-corrected chi connectivity index (χ1v) is 10.2. The molecule has 1 aliphatic rings. The van der Waals surface area contributed by atoms with Gasteiger partial charge in [-0.15, -0.1) is 11.3 Å². The molecule has 0 atom stereocenters. The molecule has 148 valence electrons. The van der Waals surface area contributed by atoms with Gasteiger partial charge in [0.05, 0.1) is 12.0 Å². The molecular weight excluding hydrogens is 376 g/mol. The zero-order valence-electron chi connectivity index (χ0n) is 15.9. The molecule has 1 amide bonds. The number of primary amides is 1. The predicted molar refractivity (Wildman–Crippen MR) is 109 cm³/mol. The van der Waals surface area contributed by atoms with Gasteiger partial charge in [0.15, 0.2) is 12.4 Å². The summed E-state index contributed by atoms with van der Waals surface area (Å²) < 4.78 is 5.07. The lowest BCUT2D eigenvalue weighted by atomic mass is 9.95. The van der Waals surface area contributed by atoms with Crippen molar-refractivity contribution in [2.24, 2.45) is 5.73 Å². The molecule has 0 spiro atoms. The van der Waals surface area contributed by atoms with Crippen LogP contribution >= 0.6 is 11.3 Å². The Morgan fingerprint density at radius 2 is 1.86 bits per heavy atom. The number of hydrogen-bond acceptors (Lipinski definition) is 6. The van der Waals surface area contributed by atoms with Gasteiger partial charge in [-0.05, 0) is 38.2 Å². The summed E-state index contributed by atoms with van der Waals surface area (Å²) in [5, 5.41) is 3.87. The Labute approximate surface area is 168 Å². The highest BCUT2D eigenvalue weighted by Crippen LogP contribution is 2.37. The number of nitrogens with two attached hydrogens (primary N) is 1. The van der Waals surface area contributed by atoms with Crippen LogP contribution in [0.4, 0.5) is 5.00 Å². The van der Waals surface area contributed by atoms with Crippen molar-refractivity contribution in [3.8, 4) is 0 Å². The Balaban J connectivity index is 1.49. The molecule has 2 aromatic rings. The van der Waals surface area contributed by atoms with Gasteiger partial charge in [0.25, 0.3) is 5.91 Å². The molecule has 1 aromatic heterocycles. The van der Waals surface area contributed by atoms with E-state index < -0.39 is 11.9 Å². The summed E-state index contributed by atoms with van der Waals surface area (Å²) in [6.07, 6.45) is 4.11. The van der Waals surface area contributed by atoms with E-state index in [2.05, 4.69) is 5.32 Å². The van der Waals surface area contributed by atoms with Gasteiger partial charge in [0.2, 0.25) is 0 Å². The number of carbonyl (C=O) groups is 3. The minimum absolute atomic E-state index is 0.0992. The number of ketones is 1. The number of hydrogen-bond donors (Lipinski definition) is 2. The van der Waals surface area contributed by atoms with Crippen molar-refractivity contribution in [3.05, 3.63) is 51.4 Å². The molecule has 0 radical (unpaired) electrons. The van der Waals surface area contributed by atoms with Crippen LogP contribution in [0.25, 0.3) is 0 Å². The van der Waals surface area contributed by atoms with Gasteiger partial charge < -0.3 is 15.8 Å².